The van der Waals surface area contributed by atoms with Gasteiger partial charge in [-0.05, 0) is 39.9 Å². The van der Waals surface area contributed by atoms with Gasteiger partial charge in [-0.2, -0.15) is 0 Å². The molecule has 7 heteroatoms. The van der Waals surface area contributed by atoms with Crippen LogP contribution in [0, 0.1) is 0 Å². The largest absolute Gasteiger partial charge is 0.496 e. The van der Waals surface area contributed by atoms with Crippen LogP contribution in [0.5, 0.6) is 5.75 Å². The molecule has 0 bridgehead atoms. The number of hydrogen-bond donors (Lipinski definition) is 2. The van der Waals surface area contributed by atoms with Gasteiger partial charge >= 0.3 is 0 Å². The van der Waals surface area contributed by atoms with Crippen LogP contribution in [0.1, 0.15) is 48.0 Å². The van der Waals surface area contributed by atoms with Crippen LogP contribution in [0.25, 0.3) is 11.1 Å². The number of amides is 1. The highest BCUT2D eigenvalue weighted by atomic mass is 32.2. The number of hydrogen-bond acceptors (Lipinski definition) is 6. The Kier molecular flexibility index (Phi) is 9.75. The maximum absolute atomic E-state index is 11.5. The number of para-hydroxylation sites is 1. The molecule has 1 aliphatic heterocycles. The van der Waals surface area contributed by atoms with Crippen LogP contribution in [0.15, 0.2) is 102 Å². The van der Waals surface area contributed by atoms with Gasteiger partial charge in [0.1, 0.15) is 5.75 Å². The highest BCUT2D eigenvalue weighted by molar-refractivity contribution is 7.99. The Balaban J connectivity index is 1.37. The molecule has 1 aliphatic rings. The second-order valence-electron chi connectivity index (χ2n) is 10.0. The zero-order valence-corrected chi connectivity index (χ0v) is 24.1. The zero-order chi connectivity index (χ0) is 28.6. The van der Waals surface area contributed by atoms with E-state index in [9.17, 15) is 9.90 Å². The lowest BCUT2D eigenvalue weighted by molar-refractivity contribution is -0.245. The lowest BCUT2D eigenvalue weighted by atomic mass is 9.98. The van der Waals surface area contributed by atoms with E-state index in [-0.39, 0.29) is 24.7 Å². The van der Waals surface area contributed by atoms with Gasteiger partial charge in [0.05, 0.1) is 25.9 Å². The molecule has 0 aromatic heterocycles. The van der Waals surface area contributed by atoms with Crippen LogP contribution in [0.3, 0.4) is 0 Å². The van der Waals surface area contributed by atoms with Crippen molar-refractivity contribution in [3.63, 3.8) is 0 Å². The summed E-state index contributed by atoms with van der Waals surface area (Å²) < 4.78 is 18.6. The molecule has 41 heavy (non-hydrogen) atoms. The van der Waals surface area contributed by atoms with Gasteiger partial charge < -0.3 is 24.6 Å². The molecular formula is C34H35NO5S. The molecule has 212 valence electrons. The Morgan fingerprint density at radius 3 is 2.37 bits per heavy atom. The van der Waals surface area contributed by atoms with Crippen molar-refractivity contribution in [2.45, 2.75) is 49.9 Å². The van der Waals surface area contributed by atoms with Crippen molar-refractivity contribution in [2.75, 3.05) is 12.9 Å². The fraction of sp³-hybridized carbons (Fsp3) is 0.265. The van der Waals surface area contributed by atoms with Crippen molar-refractivity contribution in [1.82, 2.24) is 5.32 Å². The molecule has 0 unspecified atom stereocenters. The van der Waals surface area contributed by atoms with Gasteiger partial charge in [0.15, 0.2) is 6.29 Å². The van der Waals surface area contributed by atoms with Crippen molar-refractivity contribution < 1.29 is 24.1 Å². The summed E-state index contributed by atoms with van der Waals surface area (Å²) in [6.45, 7) is 2.01. The van der Waals surface area contributed by atoms with Gasteiger partial charge in [0.25, 0.3) is 0 Å². The number of carbonyl (C=O) groups excluding carboxylic acids is 1. The third-order valence-electron chi connectivity index (χ3n) is 7.15. The van der Waals surface area contributed by atoms with E-state index in [2.05, 4.69) is 41.7 Å². The lowest BCUT2D eigenvalue weighted by Gasteiger charge is -2.36. The summed E-state index contributed by atoms with van der Waals surface area (Å²) in [5, 5.41) is 12.4. The van der Waals surface area contributed by atoms with E-state index in [4.69, 9.17) is 14.2 Å². The molecule has 1 heterocycles. The maximum atomic E-state index is 11.5. The van der Waals surface area contributed by atoms with Crippen LogP contribution in [0.4, 0.5) is 0 Å². The van der Waals surface area contributed by atoms with Crippen LogP contribution in [-0.2, 0) is 27.4 Å². The highest BCUT2D eigenvalue weighted by Crippen LogP contribution is 2.41. The van der Waals surface area contributed by atoms with E-state index < -0.39 is 6.29 Å². The third-order valence-corrected chi connectivity index (χ3v) is 8.33. The monoisotopic (exact) mass is 569 g/mol. The van der Waals surface area contributed by atoms with Gasteiger partial charge in [-0.25, -0.2) is 0 Å². The summed E-state index contributed by atoms with van der Waals surface area (Å²) >= 11 is 1.72. The zero-order valence-electron chi connectivity index (χ0n) is 23.3. The van der Waals surface area contributed by atoms with Crippen LogP contribution >= 0.6 is 11.8 Å². The first kappa shape index (κ1) is 28.9. The molecule has 0 saturated carbocycles. The number of carbonyl (C=O) groups is 1. The maximum Gasteiger partial charge on any atom is 0.217 e. The first-order valence-electron chi connectivity index (χ1n) is 13.7. The minimum absolute atomic E-state index is 0.00993. The molecule has 0 spiro atoms. The summed E-state index contributed by atoms with van der Waals surface area (Å²) in [6, 6.07) is 32.3. The predicted octanol–water partition coefficient (Wildman–Crippen LogP) is 6.83. The Morgan fingerprint density at radius 2 is 1.63 bits per heavy atom. The Labute approximate surface area is 245 Å². The minimum Gasteiger partial charge on any atom is -0.496 e. The molecule has 0 radical (unpaired) electrons. The number of aliphatic hydroxyl groups is 1. The summed E-state index contributed by atoms with van der Waals surface area (Å²) in [5.74, 6) is 1.55. The third kappa shape index (κ3) is 7.37. The average molecular weight is 570 g/mol. The first-order valence-corrected chi connectivity index (χ1v) is 14.7. The van der Waals surface area contributed by atoms with Gasteiger partial charge in [-0.3, -0.25) is 4.79 Å². The van der Waals surface area contributed by atoms with Crippen LogP contribution in [0.2, 0.25) is 0 Å². The van der Waals surface area contributed by atoms with E-state index in [0.29, 0.717) is 13.0 Å². The van der Waals surface area contributed by atoms with Crippen LogP contribution in [-0.4, -0.2) is 30.0 Å². The summed E-state index contributed by atoms with van der Waals surface area (Å²) in [6.07, 6.45) is -0.0172. The van der Waals surface area contributed by atoms with E-state index >= 15 is 0 Å². The number of thioether (sulfide) groups is 1. The van der Waals surface area contributed by atoms with Gasteiger partial charge in [-0.1, -0.05) is 84.9 Å². The summed E-state index contributed by atoms with van der Waals surface area (Å²) in [5.41, 5.74) is 6.06. The molecule has 1 saturated heterocycles. The number of rotatable bonds is 10. The molecular weight excluding hydrogens is 534 g/mol. The quantitative estimate of drug-likeness (QED) is 0.204. The van der Waals surface area contributed by atoms with Crippen molar-refractivity contribution in [3.05, 3.63) is 119 Å². The Morgan fingerprint density at radius 1 is 0.927 bits per heavy atom. The standard InChI is InChI=1S/C34H35NO5S/c1-23(37)35-20-28-7-3-4-8-30(28)25-15-17-27(18-16-25)34-39-29(22-41-33-10-6-5-9-31(33)38-2)19-32(40-34)26-13-11-24(21-36)12-14-26/h3-18,29,32,34,36H,19-22H2,1-2H3,(H,35,37)/t29-,32+,34+/m0/s1. The Hall–Kier alpha value is -3.62. The van der Waals surface area contributed by atoms with Gasteiger partial charge in [0.2, 0.25) is 5.91 Å². The minimum atomic E-state index is -0.529. The molecule has 1 amide bonds. The van der Waals surface area contributed by atoms with Crippen molar-refractivity contribution in [3.8, 4) is 16.9 Å². The number of ether oxygens (including phenoxy) is 3. The fourth-order valence-corrected chi connectivity index (χ4v) is 5.99. The highest BCUT2D eigenvalue weighted by Gasteiger charge is 2.32. The molecule has 0 aliphatic carbocycles. The lowest BCUT2D eigenvalue weighted by Crippen LogP contribution is -2.31. The summed E-state index contributed by atoms with van der Waals surface area (Å²) in [7, 11) is 1.69. The van der Waals surface area contributed by atoms with Crippen molar-refractivity contribution >= 4 is 17.7 Å². The average Bonchev–Trinajstić information content (AvgIpc) is 3.03. The van der Waals surface area contributed by atoms with E-state index in [1.807, 2.05) is 60.7 Å². The number of aliphatic hydroxyl groups excluding tert-OH is 1. The predicted molar refractivity (Wildman–Crippen MR) is 162 cm³/mol. The van der Waals surface area contributed by atoms with Crippen molar-refractivity contribution in [2.24, 2.45) is 0 Å². The normalized spacial score (nSPS) is 18.6. The number of methoxy groups -OCH3 is 1. The molecule has 6 nitrogen and oxygen atoms in total. The van der Waals surface area contributed by atoms with E-state index in [1.54, 1.807) is 18.9 Å². The van der Waals surface area contributed by atoms with E-state index in [0.717, 1.165) is 49.8 Å². The molecule has 2 N–H and O–H groups in total. The smallest absolute Gasteiger partial charge is 0.217 e. The number of benzene rings is 4. The topological polar surface area (TPSA) is 77.0 Å². The second kappa shape index (κ2) is 13.8. The van der Waals surface area contributed by atoms with Gasteiger partial charge in [0, 0.05) is 36.1 Å². The Bertz CT molecular complexity index is 1440. The summed E-state index contributed by atoms with van der Waals surface area (Å²) in [4.78, 5) is 12.6. The van der Waals surface area contributed by atoms with Gasteiger partial charge in [-0.15, -0.1) is 11.8 Å². The van der Waals surface area contributed by atoms with Crippen LogP contribution < -0.4 is 10.1 Å². The van der Waals surface area contributed by atoms with E-state index in [1.165, 1.54) is 6.92 Å². The van der Waals surface area contributed by atoms with Crippen molar-refractivity contribution in [1.29, 1.82) is 0 Å². The first-order chi connectivity index (χ1) is 20.0. The second-order valence-corrected chi connectivity index (χ2v) is 11.1. The molecule has 3 atom stereocenters. The SMILES string of the molecule is COc1ccccc1SC[C@@H]1C[C@H](c2ccc(CO)cc2)O[C@H](c2ccc(-c3ccccc3CNC(C)=O)cc2)O1. The molecule has 1 fully saturated rings. The fourth-order valence-electron chi connectivity index (χ4n) is 4.94. The molecule has 4 aromatic rings. The molecule has 4 aromatic carbocycles. The number of nitrogens with one attached hydrogen (secondary N) is 1. The molecule has 5 rings (SSSR count).